The molecule has 6 heteroatoms. The summed E-state index contributed by atoms with van der Waals surface area (Å²) < 4.78 is 0. The molecule has 0 spiro atoms. The second kappa shape index (κ2) is 5.09. The van der Waals surface area contributed by atoms with Gasteiger partial charge in [0, 0.05) is 25.2 Å². The number of piperidine rings is 1. The summed E-state index contributed by atoms with van der Waals surface area (Å²) in [6, 6.07) is 3.52. The van der Waals surface area contributed by atoms with Crippen LogP contribution in [0.15, 0.2) is 18.3 Å². The van der Waals surface area contributed by atoms with Gasteiger partial charge in [0.1, 0.15) is 0 Å². The minimum absolute atomic E-state index is 0.116. The van der Waals surface area contributed by atoms with Crippen LogP contribution in [0.4, 0.5) is 11.5 Å². The molecule has 0 aliphatic carbocycles. The Morgan fingerprint density at radius 2 is 2.35 bits per heavy atom. The molecule has 1 aliphatic rings. The number of nitrogens with zero attached hydrogens (tertiary/aromatic N) is 3. The molecular weight excluding hydrogens is 220 g/mol. The maximum Gasteiger partial charge on any atom is 0.363 e. The minimum Gasteiger partial charge on any atom is -0.364 e. The van der Waals surface area contributed by atoms with E-state index >= 15 is 0 Å². The molecule has 1 aromatic heterocycles. The summed E-state index contributed by atoms with van der Waals surface area (Å²) in [5.74, 6) is -0.116. The van der Waals surface area contributed by atoms with Crippen molar-refractivity contribution in [2.45, 2.75) is 25.3 Å². The summed E-state index contributed by atoms with van der Waals surface area (Å²) >= 11 is 0. The van der Waals surface area contributed by atoms with E-state index in [0.29, 0.717) is 12.6 Å². The Balaban J connectivity index is 2.17. The first-order valence-electron chi connectivity index (χ1n) is 5.79. The second-order valence-corrected chi connectivity index (χ2v) is 4.21. The van der Waals surface area contributed by atoms with E-state index in [1.54, 1.807) is 12.3 Å². The van der Waals surface area contributed by atoms with Crippen LogP contribution >= 0.6 is 0 Å². The summed E-state index contributed by atoms with van der Waals surface area (Å²) in [5.41, 5.74) is 6.66. The van der Waals surface area contributed by atoms with E-state index in [0.717, 1.165) is 25.1 Å². The molecule has 2 heterocycles. The van der Waals surface area contributed by atoms with E-state index in [1.807, 2.05) is 0 Å². The van der Waals surface area contributed by atoms with E-state index in [4.69, 9.17) is 5.73 Å². The topological polar surface area (TPSA) is 85.3 Å². The first-order valence-corrected chi connectivity index (χ1v) is 5.79. The van der Waals surface area contributed by atoms with Gasteiger partial charge in [-0.25, -0.2) is 0 Å². The Kier molecular flexibility index (Phi) is 3.53. The Labute approximate surface area is 99.6 Å². The number of hydrogen-bond acceptors (Lipinski definition) is 5. The summed E-state index contributed by atoms with van der Waals surface area (Å²) in [6.07, 6.45) is 4.96. The van der Waals surface area contributed by atoms with Crippen molar-refractivity contribution in [2.24, 2.45) is 5.73 Å². The fourth-order valence-corrected chi connectivity index (χ4v) is 2.24. The van der Waals surface area contributed by atoms with Crippen molar-refractivity contribution in [3.8, 4) is 0 Å². The molecule has 0 radical (unpaired) electrons. The number of aromatic nitrogens is 1. The summed E-state index contributed by atoms with van der Waals surface area (Å²) in [6.45, 7) is 1.55. The molecular formula is C11H16N4O2. The third-order valence-corrected chi connectivity index (χ3v) is 3.15. The number of hydrogen-bond donors (Lipinski definition) is 1. The van der Waals surface area contributed by atoms with Gasteiger partial charge in [-0.2, -0.15) is 0 Å². The molecule has 1 aliphatic heterocycles. The monoisotopic (exact) mass is 236 g/mol. The lowest BCUT2D eigenvalue weighted by Crippen LogP contribution is -2.44. The van der Waals surface area contributed by atoms with Gasteiger partial charge in [-0.3, -0.25) is 0 Å². The first kappa shape index (κ1) is 11.8. The van der Waals surface area contributed by atoms with Crippen molar-refractivity contribution >= 4 is 11.5 Å². The molecule has 0 bridgehead atoms. The summed E-state index contributed by atoms with van der Waals surface area (Å²) in [5, 5.41) is 10.5. The van der Waals surface area contributed by atoms with Crippen LogP contribution in [0.3, 0.4) is 0 Å². The van der Waals surface area contributed by atoms with Crippen LogP contribution in [0.25, 0.3) is 0 Å². The molecule has 2 rings (SSSR count). The number of nitrogens with two attached hydrogens (primary N) is 1. The zero-order valence-electron chi connectivity index (χ0n) is 9.58. The largest absolute Gasteiger partial charge is 0.364 e. The number of rotatable bonds is 3. The second-order valence-electron chi connectivity index (χ2n) is 4.21. The maximum atomic E-state index is 10.5. The molecule has 1 atom stereocenters. The first-order chi connectivity index (χ1) is 8.22. The van der Waals surface area contributed by atoms with Crippen LogP contribution in [0.2, 0.25) is 0 Å². The normalized spacial score (nSPS) is 20.3. The lowest BCUT2D eigenvalue weighted by Gasteiger charge is -2.36. The Morgan fingerprint density at radius 1 is 1.53 bits per heavy atom. The van der Waals surface area contributed by atoms with E-state index in [2.05, 4.69) is 9.88 Å². The highest BCUT2D eigenvalue weighted by Gasteiger charge is 2.22. The quantitative estimate of drug-likeness (QED) is 0.631. The zero-order valence-corrected chi connectivity index (χ0v) is 9.58. The Bertz CT molecular complexity index is 393. The molecule has 0 aromatic carbocycles. The molecule has 1 aromatic rings. The molecule has 0 saturated carbocycles. The molecule has 6 nitrogen and oxygen atoms in total. The van der Waals surface area contributed by atoms with Crippen LogP contribution in [0.1, 0.15) is 19.3 Å². The fourth-order valence-electron chi connectivity index (χ4n) is 2.24. The van der Waals surface area contributed by atoms with E-state index < -0.39 is 4.92 Å². The van der Waals surface area contributed by atoms with Crippen LogP contribution in [0.5, 0.6) is 0 Å². The predicted octanol–water partition coefficient (Wildman–Crippen LogP) is 1.31. The number of anilines is 1. The van der Waals surface area contributed by atoms with Gasteiger partial charge in [0.05, 0.1) is 5.69 Å². The lowest BCUT2D eigenvalue weighted by molar-refractivity contribution is -0.389. The van der Waals surface area contributed by atoms with Crippen molar-refractivity contribution in [1.82, 2.24) is 4.98 Å². The average Bonchev–Trinajstić information content (AvgIpc) is 2.39. The van der Waals surface area contributed by atoms with Gasteiger partial charge < -0.3 is 20.7 Å². The van der Waals surface area contributed by atoms with Gasteiger partial charge >= 0.3 is 5.82 Å². The number of nitro groups is 1. The van der Waals surface area contributed by atoms with E-state index in [9.17, 15) is 10.1 Å². The van der Waals surface area contributed by atoms with Gasteiger partial charge in [0.15, 0.2) is 6.20 Å². The van der Waals surface area contributed by atoms with Gasteiger partial charge in [0.2, 0.25) is 0 Å². The summed E-state index contributed by atoms with van der Waals surface area (Å²) in [4.78, 5) is 16.1. The van der Waals surface area contributed by atoms with Crippen LogP contribution < -0.4 is 10.6 Å². The predicted molar refractivity (Wildman–Crippen MR) is 64.9 cm³/mol. The average molecular weight is 236 g/mol. The van der Waals surface area contributed by atoms with Crippen LogP contribution in [-0.4, -0.2) is 29.0 Å². The standard InChI is InChI=1S/C11H16N4O2/c12-7-9-3-1-2-6-14(9)10-4-5-11(13-8-10)15(16)17/h4-5,8-9H,1-3,6-7,12H2. The third kappa shape index (κ3) is 2.52. The molecule has 1 unspecified atom stereocenters. The fraction of sp³-hybridized carbons (Fsp3) is 0.545. The van der Waals surface area contributed by atoms with Crippen molar-refractivity contribution in [2.75, 3.05) is 18.0 Å². The third-order valence-electron chi connectivity index (χ3n) is 3.15. The molecule has 1 fully saturated rings. The highest BCUT2D eigenvalue weighted by molar-refractivity contribution is 5.48. The zero-order chi connectivity index (χ0) is 12.3. The molecule has 92 valence electrons. The van der Waals surface area contributed by atoms with Crippen LogP contribution in [0, 0.1) is 10.1 Å². The lowest BCUT2D eigenvalue weighted by atomic mass is 10.0. The van der Waals surface area contributed by atoms with Gasteiger partial charge in [-0.1, -0.05) is 0 Å². The van der Waals surface area contributed by atoms with Gasteiger partial charge in [-0.15, -0.1) is 0 Å². The van der Waals surface area contributed by atoms with Crippen molar-refractivity contribution in [3.63, 3.8) is 0 Å². The Morgan fingerprint density at radius 3 is 2.94 bits per heavy atom. The molecule has 1 saturated heterocycles. The molecule has 0 amide bonds. The Hall–Kier alpha value is -1.69. The van der Waals surface area contributed by atoms with E-state index in [1.165, 1.54) is 12.5 Å². The van der Waals surface area contributed by atoms with Crippen LogP contribution in [-0.2, 0) is 0 Å². The van der Waals surface area contributed by atoms with Crippen molar-refractivity contribution in [1.29, 1.82) is 0 Å². The van der Waals surface area contributed by atoms with E-state index in [-0.39, 0.29) is 5.82 Å². The molecule has 17 heavy (non-hydrogen) atoms. The summed E-state index contributed by atoms with van der Waals surface area (Å²) in [7, 11) is 0. The van der Waals surface area contributed by atoms with Crippen molar-refractivity contribution < 1.29 is 4.92 Å². The van der Waals surface area contributed by atoms with Gasteiger partial charge in [0.25, 0.3) is 0 Å². The van der Waals surface area contributed by atoms with Crippen molar-refractivity contribution in [3.05, 3.63) is 28.4 Å². The smallest absolute Gasteiger partial charge is 0.363 e. The van der Waals surface area contributed by atoms with Gasteiger partial charge in [-0.05, 0) is 35.2 Å². The molecule has 2 N–H and O–H groups in total. The highest BCUT2D eigenvalue weighted by Crippen LogP contribution is 2.24. The SMILES string of the molecule is NCC1CCCCN1c1ccc([N+](=O)[O-])nc1. The highest BCUT2D eigenvalue weighted by atomic mass is 16.6. The minimum atomic E-state index is -0.486. The maximum absolute atomic E-state index is 10.5. The number of pyridine rings is 1.